The van der Waals surface area contributed by atoms with Crippen molar-refractivity contribution in [3.63, 3.8) is 0 Å². The Labute approximate surface area is 109 Å². The predicted molar refractivity (Wildman–Crippen MR) is 64.6 cm³/mol. The second-order valence-electron chi connectivity index (χ2n) is 4.60. The lowest BCUT2D eigenvalue weighted by molar-refractivity contribution is -0.125. The minimum atomic E-state index is -1.01. The lowest BCUT2D eigenvalue weighted by Crippen LogP contribution is -2.43. The van der Waals surface area contributed by atoms with E-state index in [1.807, 2.05) is 0 Å². The van der Waals surface area contributed by atoms with Gasteiger partial charge in [0.05, 0.1) is 6.54 Å². The number of rotatable bonds is 2. The Morgan fingerprint density at radius 2 is 2.06 bits per heavy atom. The van der Waals surface area contributed by atoms with E-state index in [2.05, 4.69) is 5.32 Å². The van der Waals surface area contributed by atoms with Crippen LogP contribution in [0.3, 0.4) is 0 Å². The van der Waals surface area contributed by atoms with E-state index in [0.29, 0.717) is 0 Å². The van der Waals surface area contributed by atoms with Gasteiger partial charge in [-0.25, -0.2) is 9.18 Å². The Hall–Kier alpha value is -1.62. The second-order valence-corrected chi connectivity index (χ2v) is 5.01. The van der Waals surface area contributed by atoms with Crippen LogP contribution in [0.2, 0.25) is 5.02 Å². The fraction of sp³-hybridized carbons (Fsp3) is 0.333. The first-order chi connectivity index (χ1) is 8.34. The standard InChI is InChI=1S/C12H12ClFN2O2/c1-12(2)10(17)15-11(18)16(12)6-7-8(13)4-3-5-9(7)14/h3-5H,6H2,1-2H3,(H,15,17,18). The van der Waals surface area contributed by atoms with E-state index in [1.54, 1.807) is 19.9 Å². The molecule has 18 heavy (non-hydrogen) atoms. The zero-order chi connectivity index (χ0) is 13.5. The molecule has 1 aliphatic rings. The van der Waals surface area contributed by atoms with Crippen molar-refractivity contribution in [3.8, 4) is 0 Å². The summed E-state index contributed by atoms with van der Waals surface area (Å²) in [5.74, 6) is -0.898. The van der Waals surface area contributed by atoms with Crippen LogP contribution in [0, 0.1) is 5.82 Å². The molecule has 4 nitrogen and oxygen atoms in total. The molecule has 1 aromatic carbocycles. The summed E-state index contributed by atoms with van der Waals surface area (Å²) < 4.78 is 13.7. The molecule has 0 aromatic heterocycles. The van der Waals surface area contributed by atoms with Gasteiger partial charge in [0, 0.05) is 10.6 Å². The van der Waals surface area contributed by atoms with Gasteiger partial charge in [0.15, 0.2) is 0 Å². The summed E-state index contributed by atoms with van der Waals surface area (Å²) >= 11 is 5.90. The van der Waals surface area contributed by atoms with Gasteiger partial charge in [-0.3, -0.25) is 10.1 Å². The molecule has 6 heteroatoms. The van der Waals surface area contributed by atoms with Crippen molar-refractivity contribution in [2.24, 2.45) is 0 Å². The minimum absolute atomic E-state index is 0.0456. The number of nitrogens with zero attached hydrogens (tertiary/aromatic N) is 1. The van der Waals surface area contributed by atoms with Gasteiger partial charge in [-0.1, -0.05) is 17.7 Å². The SMILES string of the molecule is CC1(C)C(=O)NC(=O)N1Cc1c(F)cccc1Cl. The molecule has 1 N–H and O–H groups in total. The quantitative estimate of drug-likeness (QED) is 0.839. The number of benzene rings is 1. The van der Waals surface area contributed by atoms with Gasteiger partial charge in [-0.2, -0.15) is 0 Å². The number of hydrogen-bond donors (Lipinski definition) is 1. The van der Waals surface area contributed by atoms with Crippen molar-refractivity contribution < 1.29 is 14.0 Å². The third-order valence-corrected chi connectivity index (χ3v) is 3.43. The molecule has 1 aromatic rings. The van der Waals surface area contributed by atoms with Gasteiger partial charge in [0.2, 0.25) is 0 Å². The lowest BCUT2D eigenvalue weighted by Gasteiger charge is -2.28. The van der Waals surface area contributed by atoms with Crippen LogP contribution in [0.4, 0.5) is 9.18 Å². The van der Waals surface area contributed by atoms with Gasteiger partial charge in [-0.15, -0.1) is 0 Å². The predicted octanol–water partition coefficient (Wildman–Crippen LogP) is 2.31. The van der Waals surface area contributed by atoms with E-state index < -0.39 is 23.3 Å². The maximum absolute atomic E-state index is 13.7. The van der Waals surface area contributed by atoms with Crippen molar-refractivity contribution in [2.45, 2.75) is 25.9 Å². The topological polar surface area (TPSA) is 49.4 Å². The molecule has 0 saturated carbocycles. The van der Waals surface area contributed by atoms with E-state index in [-0.39, 0.29) is 17.1 Å². The fourth-order valence-corrected chi connectivity index (χ4v) is 2.03. The van der Waals surface area contributed by atoms with Crippen LogP contribution < -0.4 is 5.32 Å². The Morgan fingerprint density at radius 3 is 2.56 bits per heavy atom. The highest BCUT2D eigenvalue weighted by Gasteiger charge is 2.45. The van der Waals surface area contributed by atoms with Crippen molar-refractivity contribution in [1.82, 2.24) is 10.2 Å². The summed E-state index contributed by atoms with van der Waals surface area (Å²) in [4.78, 5) is 24.5. The smallest absolute Gasteiger partial charge is 0.306 e. The van der Waals surface area contributed by atoms with Gasteiger partial charge in [-0.05, 0) is 26.0 Å². The molecule has 3 amide bonds. The Morgan fingerprint density at radius 1 is 1.39 bits per heavy atom. The summed E-state index contributed by atoms with van der Waals surface area (Å²) in [5, 5.41) is 2.43. The molecule has 0 aliphatic carbocycles. The zero-order valence-electron chi connectivity index (χ0n) is 9.96. The van der Waals surface area contributed by atoms with Gasteiger partial charge < -0.3 is 4.90 Å². The number of halogens is 2. The third kappa shape index (κ3) is 1.95. The molecule has 0 unspecified atom stereocenters. The van der Waals surface area contributed by atoms with Crippen LogP contribution in [0.25, 0.3) is 0 Å². The van der Waals surface area contributed by atoms with Crippen LogP contribution in [0.5, 0.6) is 0 Å². The summed E-state index contributed by atoms with van der Waals surface area (Å²) in [6, 6.07) is 3.76. The van der Waals surface area contributed by atoms with E-state index in [4.69, 9.17) is 11.6 Å². The minimum Gasteiger partial charge on any atom is -0.306 e. The van der Waals surface area contributed by atoms with Crippen LogP contribution >= 0.6 is 11.6 Å². The maximum Gasteiger partial charge on any atom is 0.325 e. The summed E-state index contributed by atoms with van der Waals surface area (Å²) in [6.45, 7) is 3.15. The number of imide groups is 1. The Kier molecular flexibility index (Phi) is 3.02. The maximum atomic E-state index is 13.7. The second kappa shape index (κ2) is 4.24. The van der Waals surface area contributed by atoms with Gasteiger partial charge in [0.25, 0.3) is 5.91 Å². The number of hydrogen-bond acceptors (Lipinski definition) is 2. The molecule has 2 rings (SSSR count). The first-order valence-electron chi connectivity index (χ1n) is 5.40. The Bertz CT molecular complexity index is 511. The highest BCUT2D eigenvalue weighted by atomic mass is 35.5. The van der Waals surface area contributed by atoms with Crippen LogP contribution in [0.1, 0.15) is 19.4 Å². The molecule has 0 bridgehead atoms. The fourth-order valence-electron chi connectivity index (χ4n) is 1.80. The monoisotopic (exact) mass is 270 g/mol. The lowest BCUT2D eigenvalue weighted by atomic mass is 10.0. The van der Waals surface area contributed by atoms with Crippen LogP contribution in [0.15, 0.2) is 18.2 Å². The number of nitrogens with one attached hydrogen (secondary N) is 1. The summed E-state index contributed by atoms with van der Waals surface area (Å²) in [6.07, 6.45) is 0. The molecule has 0 atom stereocenters. The van der Waals surface area contributed by atoms with Crippen molar-refractivity contribution in [1.29, 1.82) is 0 Å². The molecule has 1 saturated heterocycles. The van der Waals surface area contributed by atoms with Crippen LogP contribution in [-0.2, 0) is 11.3 Å². The molecule has 96 valence electrons. The molecule has 0 spiro atoms. The molecule has 1 aliphatic heterocycles. The zero-order valence-corrected chi connectivity index (χ0v) is 10.7. The number of carbonyl (C=O) groups excluding carboxylic acids is 2. The average Bonchev–Trinajstić information content (AvgIpc) is 2.45. The molecule has 0 radical (unpaired) electrons. The first kappa shape index (κ1) is 12.8. The van der Waals surface area contributed by atoms with Gasteiger partial charge in [0.1, 0.15) is 11.4 Å². The van der Waals surface area contributed by atoms with E-state index in [9.17, 15) is 14.0 Å². The molecule has 1 heterocycles. The Balaban J connectivity index is 2.35. The summed E-state index contributed by atoms with van der Waals surface area (Å²) in [5.41, 5.74) is -0.806. The van der Waals surface area contributed by atoms with E-state index in [0.717, 1.165) is 0 Å². The van der Waals surface area contributed by atoms with Crippen molar-refractivity contribution in [3.05, 3.63) is 34.6 Å². The largest absolute Gasteiger partial charge is 0.325 e. The first-order valence-corrected chi connectivity index (χ1v) is 5.78. The highest BCUT2D eigenvalue weighted by molar-refractivity contribution is 6.31. The summed E-state index contributed by atoms with van der Waals surface area (Å²) in [7, 11) is 0. The highest BCUT2D eigenvalue weighted by Crippen LogP contribution is 2.27. The molecular weight excluding hydrogens is 259 g/mol. The number of carbonyl (C=O) groups is 2. The van der Waals surface area contributed by atoms with E-state index in [1.165, 1.54) is 17.0 Å². The average molecular weight is 271 g/mol. The molecular formula is C12H12ClFN2O2. The van der Waals surface area contributed by atoms with Crippen LogP contribution in [-0.4, -0.2) is 22.4 Å². The van der Waals surface area contributed by atoms with Crippen molar-refractivity contribution in [2.75, 3.05) is 0 Å². The van der Waals surface area contributed by atoms with E-state index >= 15 is 0 Å². The number of amides is 3. The number of urea groups is 1. The third-order valence-electron chi connectivity index (χ3n) is 3.07. The molecule has 1 fully saturated rings. The van der Waals surface area contributed by atoms with Gasteiger partial charge >= 0.3 is 6.03 Å². The normalized spacial score (nSPS) is 18.1. The van der Waals surface area contributed by atoms with Crippen molar-refractivity contribution >= 4 is 23.5 Å².